The van der Waals surface area contributed by atoms with Crippen LogP contribution in [0, 0.1) is 0 Å². The van der Waals surface area contributed by atoms with E-state index < -0.39 is 5.54 Å². The van der Waals surface area contributed by atoms with Crippen molar-refractivity contribution in [3.05, 3.63) is 29.3 Å². The average molecular weight is 338 g/mol. The van der Waals surface area contributed by atoms with E-state index in [4.69, 9.17) is 5.73 Å². The molecule has 106 valence electrons. The molecule has 2 aliphatic heterocycles. The third-order valence-electron chi connectivity index (χ3n) is 3.86. The zero-order valence-corrected chi connectivity index (χ0v) is 12.9. The lowest BCUT2D eigenvalue weighted by Crippen LogP contribution is -2.47. The van der Waals surface area contributed by atoms with Crippen molar-refractivity contribution >= 4 is 33.5 Å². The molecule has 7 heteroatoms. The van der Waals surface area contributed by atoms with E-state index in [-0.39, 0.29) is 16.8 Å². The molecule has 2 heterocycles. The summed E-state index contributed by atoms with van der Waals surface area (Å²) in [6.45, 7) is 1.93. The lowest BCUT2D eigenvalue weighted by molar-refractivity contribution is -0.128. The lowest BCUT2D eigenvalue weighted by Gasteiger charge is -2.33. The summed E-state index contributed by atoms with van der Waals surface area (Å²) in [5.74, 6) is 0.235. The second-order valence-electron chi connectivity index (χ2n) is 5.31. The Labute approximate surface area is 125 Å². The van der Waals surface area contributed by atoms with Gasteiger partial charge in [-0.2, -0.15) is 0 Å². The van der Waals surface area contributed by atoms with Gasteiger partial charge in [0.2, 0.25) is 5.91 Å². The molecule has 0 aliphatic carbocycles. The number of halogens is 1. The molecule has 0 spiro atoms. The molecule has 0 aromatic heterocycles. The number of nitrogens with zero attached hydrogens (tertiary/aromatic N) is 2. The molecule has 1 amide bonds. The number of hydrogen-bond acceptors (Lipinski definition) is 5. The number of hydrazine groups is 1. The lowest BCUT2D eigenvalue weighted by atomic mass is 9.87. The molecule has 0 bridgehead atoms. The molecule has 6 nitrogen and oxygen atoms in total. The third kappa shape index (κ3) is 1.97. The van der Waals surface area contributed by atoms with Crippen LogP contribution in [0.1, 0.15) is 29.4 Å². The van der Waals surface area contributed by atoms with Crippen molar-refractivity contribution < 1.29 is 4.79 Å². The first-order chi connectivity index (χ1) is 9.40. The number of nitrogens with one attached hydrogen (secondary N) is 2. The highest BCUT2D eigenvalue weighted by Gasteiger charge is 2.36. The van der Waals surface area contributed by atoms with Crippen molar-refractivity contribution in [2.75, 3.05) is 12.5 Å². The Bertz CT molecular complexity index is 617. The second-order valence-corrected chi connectivity index (χ2v) is 6.22. The van der Waals surface area contributed by atoms with Gasteiger partial charge in [-0.1, -0.05) is 28.1 Å². The van der Waals surface area contributed by atoms with E-state index in [1.807, 2.05) is 25.1 Å². The monoisotopic (exact) mass is 337 g/mol. The van der Waals surface area contributed by atoms with Crippen LogP contribution in [0.3, 0.4) is 0 Å². The van der Waals surface area contributed by atoms with Crippen LogP contribution in [0.4, 0.5) is 5.69 Å². The van der Waals surface area contributed by atoms with Gasteiger partial charge in [-0.05, 0) is 18.6 Å². The molecule has 1 unspecified atom stereocenters. The fourth-order valence-corrected chi connectivity index (χ4v) is 3.03. The van der Waals surface area contributed by atoms with E-state index in [2.05, 4.69) is 31.8 Å². The number of carbonyl (C=O) groups is 1. The first-order valence-corrected chi connectivity index (χ1v) is 7.24. The van der Waals surface area contributed by atoms with Crippen molar-refractivity contribution in [2.24, 2.45) is 10.7 Å². The Kier molecular flexibility index (Phi) is 2.98. The third-order valence-corrected chi connectivity index (χ3v) is 4.58. The summed E-state index contributed by atoms with van der Waals surface area (Å²) in [5.41, 5.74) is 14.5. The predicted octanol–water partition coefficient (Wildman–Crippen LogP) is 1.40. The zero-order chi connectivity index (χ0) is 14.5. The van der Waals surface area contributed by atoms with Crippen LogP contribution in [0.5, 0.6) is 0 Å². The fraction of sp³-hybridized carbons (Fsp3) is 0.385. The van der Waals surface area contributed by atoms with Gasteiger partial charge in [-0.15, -0.1) is 0 Å². The van der Waals surface area contributed by atoms with Gasteiger partial charge < -0.3 is 11.2 Å². The highest BCUT2D eigenvalue weighted by molar-refractivity contribution is 9.09. The average Bonchev–Trinajstić information content (AvgIpc) is 2.77. The molecule has 4 N–H and O–H groups in total. The number of fused-ring (bicyclic) bond motifs is 1. The largest absolute Gasteiger partial charge is 0.369 e. The van der Waals surface area contributed by atoms with Crippen LogP contribution in [-0.4, -0.2) is 23.8 Å². The van der Waals surface area contributed by atoms with E-state index >= 15 is 0 Å². The number of benzene rings is 1. The Balaban J connectivity index is 2.03. The topological polar surface area (TPSA) is 82.8 Å². The molecule has 2 aliphatic rings. The van der Waals surface area contributed by atoms with Crippen LogP contribution >= 0.6 is 15.9 Å². The number of carbonyl (C=O) groups excluding carboxylic acids is 1. The summed E-state index contributed by atoms with van der Waals surface area (Å²) in [6, 6.07) is 6.03. The predicted molar refractivity (Wildman–Crippen MR) is 81.2 cm³/mol. The normalized spacial score (nSPS) is 28.9. The van der Waals surface area contributed by atoms with Gasteiger partial charge in [-0.25, -0.2) is 10.4 Å². The molecule has 1 aromatic carbocycles. The number of rotatable bonds is 1. The molecular weight excluding hydrogens is 322 g/mol. The molecule has 1 aromatic rings. The van der Waals surface area contributed by atoms with E-state index in [9.17, 15) is 4.79 Å². The number of nitrogens with two attached hydrogens (primary N) is 1. The minimum absolute atomic E-state index is 0.0232. The molecule has 3 rings (SSSR count). The number of aliphatic imine (C=N–C) groups is 1. The molecule has 0 fully saturated rings. The fourth-order valence-electron chi connectivity index (χ4n) is 2.51. The van der Waals surface area contributed by atoms with E-state index in [0.717, 1.165) is 16.8 Å². The van der Waals surface area contributed by atoms with Crippen molar-refractivity contribution in [1.29, 1.82) is 0 Å². The van der Waals surface area contributed by atoms with Gasteiger partial charge in [-0.3, -0.25) is 9.69 Å². The summed E-state index contributed by atoms with van der Waals surface area (Å²) in [5, 5.41) is 0. The molecule has 0 saturated carbocycles. The maximum Gasteiger partial charge on any atom is 0.231 e. The minimum Gasteiger partial charge on any atom is -0.369 e. The van der Waals surface area contributed by atoms with Gasteiger partial charge in [0.15, 0.2) is 5.96 Å². The number of alkyl halides is 1. The Morgan fingerprint density at radius 1 is 1.55 bits per heavy atom. The van der Waals surface area contributed by atoms with E-state index in [1.165, 1.54) is 4.90 Å². The van der Waals surface area contributed by atoms with E-state index in [0.29, 0.717) is 6.42 Å². The molecule has 0 radical (unpaired) electrons. The highest BCUT2D eigenvalue weighted by atomic mass is 79.9. The van der Waals surface area contributed by atoms with Gasteiger partial charge in [0.25, 0.3) is 0 Å². The van der Waals surface area contributed by atoms with E-state index in [1.54, 1.807) is 7.05 Å². The summed E-state index contributed by atoms with van der Waals surface area (Å²) < 4.78 is 0. The van der Waals surface area contributed by atoms with Crippen LogP contribution in [0.15, 0.2) is 23.2 Å². The maximum absolute atomic E-state index is 12.0. The Morgan fingerprint density at radius 3 is 3.00 bits per heavy atom. The second kappa shape index (κ2) is 4.46. The van der Waals surface area contributed by atoms with Crippen LogP contribution < -0.4 is 16.6 Å². The van der Waals surface area contributed by atoms with Crippen LogP contribution in [-0.2, 0) is 10.3 Å². The summed E-state index contributed by atoms with van der Waals surface area (Å²) in [6.07, 6.45) is 0.314. The Hall–Kier alpha value is -1.60. The van der Waals surface area contributed by atoms with Gasteiger partial charge in [0.05, 0.1) is 17.6 Å². The number of anilines is 1. The quantitative estimate of drug-likeness (QED) is 0.534. The van der Waals surface area contributed by atoms with Crippen LogP contribution in [0.2, 0.25) is 0 Å². The van der Waals surface area contributed by atoms with Crippen molar-refractivity contribution in [3.8, 4) is 0 Å². The summed E-state index contributed by atoms with van der Waals surface area (Å²) >= 11 is 3.52. The zero-order valence-electron chi connectivity index (χ0n) is 11.3. The van der Waals surface area contributed by atoms with Gasteiger partial charge >= 0.3 is 0 Å². The number of amides is 1. The minimum atomic E-state index is -0.616. The summed E-state index contributed by atoms with van der Waals surface area (Å²) in [7, 11) is 1.64. The summed E-state index contributed by atoms with van der Waals surface area (Å²) in [4.78, 5) is 18.0. The van der Waals surface area contributed by atoms with Crippen LogP contribution in [0.25, 0.3) is 0 Å². The first kappa shape index (κ1) is 13.4. The molecule has 2 atom stereocenters. The number of guanidine groups is 1. The van der Waals surface area contributed by atoms with Crippen molar-refractivity contribution in [3.63, 3.8) is 0 Å². The molecule has 20 heavy (non-hydrogen) atoms. The van der Waals surface area contributed by atoms with Gasteiger partial charge in [0, 0.05) is 12.6 Å². The molecule has 0 saturated heterocycles. The van der Waals surface area contributed by atoms with Crippen molar-refractivity contribution in [1.82, 2.24) is 10.3 Å². The SMILES string of the molecule is CN1C(=O)C[C@@](C)(c2ccc3c(c2)NNC3Br)N=C1N. The maximum atomic E-state index is 12.0. The highest BCUT2D eigenvalue weighted by Crippen LogP contribution is 2.38. The number of hydrogen-bond donors (Lipinski definition) is 3. The van der Waals surface area contributed by atoms with Gasteiger partial charge in [0.1, 0.15) is 4.95 Å². The smallest absolute Gasteiger partial charge is 0.231 e. The molecular formula is C13H16BrN5O. The first-order valence-electron chi connectivity index (χ1n) is 6.33. The van der Waals surface area contributed by atoms with Crippen molar-refractivity contribution in [2.45, 2.75) is 23.8 Å². The standard InChI is InChI=1S/C13H16BrN5O/c1-13(6-10(20)19(2)12(15)16-13)7-3-4-8-9(5-7)17-18-11(8)14/h3-5,11,17-18H,6H2,1-2H3,(H2,15,16)/t11?,13-/m0/s1. The Morgan fingerprint density at radius 2 is 2.30 bits per heavy atom.